The lowest BCUT2D eigenvalue weighted by molar-refractivity contribution is -0.115. The summed E-state index contributed by atoms with van der Waals surface area (Å²) in [6.45, 7) is 5.80. The minimum atomic E-state index is -4.03. The van der Waals surface area contributed by atoms with Crippen LogP contribution in [0.3, 0.4) is 0 Å². The van der Waals surface area contributed by atoms with Crippen molar-refractivity contribution in [1.82, 2.24) is 10.2 Å². The highest BCUT2D eigenvalue weighted by Gasteiger charge is 2.25. The second-order valence-corrected chi connectivity index (χ2v) is 9.88. The van der Waals surface area contributed by atoms with Gasteiger partial charge >= 0.3 is 0 Å². The fourth-order valence-electron chi connectivity index (χ4n) is 4.00. The van der Waals surface area contributed by atoms with Gasteiger partial charge < -0.3 is 19.7 Å². The highest BCUT2D eigenvalue weighted by atomic mass is 32.2. The maximum atomic E-state index is 13.6. The van der Waals surface area contributed by atoms with E-state index in [9.17, 15) is 13.2 Å². The molecule has 186 valence electrons. The second-order valence-electron chi connectivity index (χ2n) is 8.23. The molecule has 2 heterocycles. The Morgan fingerprint density at radius 2 is 1.91 bits per heavy atom. The van der Waals surface area contributed by atoms with Crippen LogP contribution in [0.25, 0.3) is 0 Å². The number of morpholine rings is 1. The molecule has 1 aromatic heterocycles. The van der Waals surface area contributed by atoms with E-state index in [1.165, 1.54) is 13.2 Å². The lowest BCUT2D eigenvalue weighted by Crippen LogP contribution is -2.37. The number of nitrogens with zero attached hydrogens (tertiary/aromatic N) is 2. The minimum Gasteiger partial charge on any atom is -0.495 e. The number of aromatic nitrogens is 2. The number of aromatic amines is 1. The maximum Gasteiger partial charge on any atom is 0.264 e. The smallest absolute Gasteiger partial charge is 0.264 e. The normalized spacial score (nSPS) is 14.0. The molecule has 1 amide bonds. The van der Waals surface area contributed by atoms with Crippen molar-refractivity contribution >= 4 is 33.0 Å². The highest BCUT2D eigenvalue weighted by Crippen LogP contribution is 2.33. The van der Waals surface area contributed by atoms with Crippen molar-refractivity contribution < 1.29 is 22.7 Å². The Bertz CT molecular complexity index is 1300. The van der Waals surface area contributed by atoms with E-state index in [0.29, 0.717) is 49.1 Å². The SMILES string of the molecule is COc1ccccc1NS(=O)(=O)c1cc(NC(=O)Cc2c(C)n[nH]c2C)ccc1N1CCOCC1. The van der Waals surface area contributed by atoms with Gasteiger partial charge in [-0.2, -0.15) is 5.10 Å². The maximum absolute atomic E-state index is 13.6. The van der Waals surface area contributed by atoms with Crippen molar-refractivity contribution in [2.75, 3.05) is 48.4 Å². The zero-order valence-corrected chi connectivity index (χ0v) is 20.7. The van der Waals surface area contributed by atoms with Gasteiger partial charge in [0.25, 0.3) is 10.0 Å². The van der Waals surface area contributed by atoms with Crippen LogP contribution in [0, 0.1) is 13.8 Å². The zero-order chi connectivity index (χ0) is 25.0. The molecule has 4 rings (SSSR count). The van der Waals surface area contributed by atoms with Crippen LogP contribution in [0.15, 0.2) is 47.4 Å². The Kier molecular flexibility index (Phi) is 7.27. The van der Waals surface area contributed by atoms with Crippen molar-refractivity contribution in [1.29, 1.82) is 0 Å². The van der Waals surface area contributed by atoms with Gasteiger partial charge in [0.2, 0.25) is 5.91 Å². The second kappa shape index (κ2) is 10.4. The van der Waals surface area contributed by atoms with Crippen LogP contribution in [0.1, 0.15) is 17.0 Å². The largest absolute Gasteiger partial charge is 0.495 e. The number of ether oxygens (including phenoxy) is 2. The topological polar surface area (TPSA) is 126 Å². The molecular weight excluding hydrogens is 470 g/mol. The number of rotatable bonds is 8. The van der Waals surface area contributed by atoms with Gasteiger partial charge in [-0.25, -0.2) is 8.42 Å². The number of H-pyrrole nitrogens is 1. The number of anilines is 3. The van der Waals surface area contributed by atoms with E-state index in [0.717, 1.165) is 17.0 Å². The molecule has 35 heavy (non-hydrogen) atoms. The summed E-state index contributed by atoms with van der Waals surface area (Å²) in [5, 5.41) is 9.81. The number of para-hydroxylation sites is 2. The number of hydrogen-bond acceptors (Lipinski definition) is 7. The lowest BCUT2D eigenvalue weighted by Gasteiger charge is -2.30. The van der Waals surface area contributed by atoms with Crippen LogP contribution in [0.2, 0.25) is 0 Å². The fourth-order valence-corrected chi connectivity index (χ4v) is 5.32. The van der Waals surface area contributed by atoms with E-state index in [-0.39, 0.29) is 17.2 Å². The number of nitrogens with one attached hydrogen (secondary N) is 3. The van der Waals surface area contributed by atoms with E-state index < -0.39 is 10.0 Å². The third-order valence-corrected chi connectivity index (χ3v) is 7.25. The van der Waals surface area contributed by atoms with Crippen LogP contribution in [0.4, 0.5) is 17.1 Å². The molecule has 3 aromatic rings. The Balaban J connectivity index is 1.66. The number of sulfonamides is 1. The average molecular weight is 500 g/mol. The predicted molar refractivity (Wildman–Crippen MR) is 134 cm³/mol. The molecule has 11 heteroatoms. The summed E-state index contributed by atoms with van der Waals surface area (Å²) in [6.07, 6.45) is 0.126. The third kappa shape index (κ3) is 5.57. The van der Waals surface area contributed by atoms with Gasteiger partial charge in [0, 0.05) is 30.0 Å². The number of benzene rings is 2. The van der Waals surface area contributed by atoms with Crippen molar-refractivity contribution in [2.24, 2.45) is 0 Å². The first-order valence-corrected chi connectivity index (χ1v) is 12.7. The molecule has 1 aliphatic rings. The predicted octanol–water partition coefficient (Wildman–Crippen LogP) is 2.85. The van der Waals surface area contributed by atoms with Crippen LogP contribution < -0.4 is 19.7 Å². The van der Waals surface area contributed by atoms with Gasteiger partial charge in [0.05, 0.1) is 43.8 Å². The molecule has 3 N–H and O–H groups in total. The summed E-state index contributed by atoms with van der Waals surface area (Å²) in [6, 6.07) is 11.7. The number of hydrogen-bond donors (Lipinski definition) is 3. The van der Waals surface area contributed by atoms with E-state index in [2.05, 4.69) is 20.2 Å². The average Bonchev–Trinajstić information content (AvgIpc) is 3.16. The van der Waals surface area contributed by atoms with E-state index in [1.54, 1.807) is 36.4 Å². The lowest BCUT2D eigenvalue weighted by atomic mass is 10.1. The van der Waals surface area contributed by atoms with Gasteiger partial charge in [-0.15, -0.1) is 0 Å². The number of aryl methyl sites for hydroxylation is 2. The molecule has 0 spiro atoms. The number of carbonyl (C=O) groups excluding carboxylic acids is 1. The highest BCUT2D eigenvalue weighted by molar-refractivity contribution is 7.93. The van der Waals surface area contributed by atoms with Gasteiger partial charge in [-0.1, -0.05) is 12.1 Å². The van der Waals surface area contributed by atoms with E-state index in [4.69, 9.17) is 9.47 Å². The summed E-state index contributed by atoms with van der Waals surface area (Å²) in [5.74, 6) is 0.136. The van der Waals surface area contributed by atoms with Gasteiger partial charge in [-0.05, 0) is 44.2 Å². The van der Waals surface area contributed by atoms with Crippen molar-refractivity contribution in [3.05, 3.63) is 59.4 Å². The van der Waals surface area contributed by atoms with E-state index in [1.807, 2.05) is 18.7 Å². The fraction of sp³-hybridized carbons (Fsp3) is 0.333. The minimum absolute atomic E-state index is 0.0544. The van der Waals surface area contributed by atoms with Crippen molar-refractivity contribution in [2.45, 2.75) is 25.2 Å². The van der Waals surface area contributed by atoms with Crippen molar-refractivity contribution in [3.8, 4) is 5.75 Å². The van der Waals surface area contributed by atoms with Gasteiger partial charge in [0.1, 0.15) is 10.6 Å². The Hall–Kier alpha value is -3.57. The third-order valence-electron chi connectivity index (χ3n) is 5.85. The summed E-state index contributed by atoms with van der Waals surface area (Å²) in [5.41, 5.74) is 3.64. The molecule has 0 radical (unpaired) electrons. The number of methoxy groups -OCH3 is 1. The monoisotopic (exact) mass is 499 g/mol. The molecule has 1 fully saturated rings. The summed E-state index contributed by atoms with van der Waals surface area (Å²) in [7, 11) is -2.55. The molecule has 1 saturated heterocycles. The molecule has 10 nitrogen and oxygen atoms in total. The van der Waals surface area contributed by atoms with Crippen LogP contribution in [0.5, 0.6) is 5.75 Å². The molecule has 0 saturated carbocycles. The van der Waals surface area contributed by atoms with Gasteiger partial charge in [-0.3, -0.25) is 14.6 Å². The van der Waals surface area contributed by atoms with Crippen molar-refractivity contribution in [3.63, 3.8) is 0 Å². The molecule has 0 bridgehead atoms. The quantitative estimate of drug-likeness (QED) is 0.435. The molecule has 2 aromatic carbocycles. The van der Waals surface area contributed by atoms with Crippen LogP contribution in [-0.2, 0) is 26.0 Å². The first-order valence-electron chi connectivity index (χ1n) is 11.2. The molecule has 0 unspecified atom stereocenters. The number of amides is 1. The molecule has 0 atom stereocenters. The number of carbonyl (C=O) groups is 1. The first-order chi connectivity index (χ1) is 16.8. The molecule has 1 aliphatic heterocycles. The molecular formula is C24H29N5O5S. The van der Waals surface area contributed by atoms with Crippen LogP contribution in [-0.4, -0.2) is 57.9 Å². The zero-order valence-electron chi connectivity index (χ0n) is 19.9. The summed E-state index contributed by atoms with van der Waals surface area (Å²) in [4.78, 5) is 14.8. The summed E-state index contributed by atoms with van der Waals surface area (Å²) >= 11 is 0. The standard InChI is InChI=1S/C24H29N5O5S/c1-16-19(17(2)27-26-16)15-24(30)25-18-8-9-21(29-10-12-34-13-11-29)23(14-18)35(31,32)28-20-6-4-5-7-22(20)33-3/h4-9,14,28H,10-13,15H2,1-3H3,(H,25,30)(H,26,27). The van der Waals surface area contributed by atoms with Crippen LogP contribution >= 0.6 is 0 Å². The Labute approximate surface area is 204 Å². The summed E-state index contributed by atoms with van der Waals surface area (Å²) < 4.78 is 40.5. The van der Waals surface area contributed by atoms with E-state index >= 15 is 0 Å². The first kappa shape index (κ1) is 24.6. The Morgan fingerprint density at radius 3 is 2.60 bits per heavy atom. The van der Waals surface area contributed by atoms with Gasteiger partial charge in [0.15, 0.2) is 0 Å². The molecule has 0 aliphatic carbocycles. The Morgan fingerprint density at radius 1 is 1.17 bits per heavy atom.